The second kappa shape index (κ2) is 9.67. The van der Waals surface area contributed by atoms with Crippen molar-refractivity contribution in [2.75, 3.05) is 44.6 Å². The second-order valence-electron chi connectivity index (χ2n) is 7.61. The number of carbonyl (C=O) groups is 1. The summed E-state index contributed by atoms with van der Waals surface area (Å²) < 4.78 is 13.2. The molecule has 1 aromatic rings. The third-order valence-corrected chi connectivity index (χ3v) is 5.78. The molecular formula is C20H29ClFN3O. The molecule has 0 bridgehead atoms. The fourth-order valence-corrected chi connectivity index (χ4v) is 4.26. The molecule has 3 rings (SSSR count). The van der Waals surface area contributed by atoms with Crippen LogP contribution in [0.5, 0.6) is 0 Å². The highest BCUT2D eigenvalue weighted by molar-refractivity contribution is 6.31. The minimum atomic E-state index is -0.477. The fraction of sp³-hybridized carbons (Fsp3) is 0.650. The molecular weight excluding hydrogens is 353 g/mol. The summed E-state index contributed by atoms with van der Waals surface area (Å²) >= 11 is 5.76. The number of rotatable bonds is 5. The summed E-state index contributed by atoms with van der Waals surface area (Å²) in [6.07, 6.45) is 8.03. The van der Waals surface area contributed by atoms with Crippen LogP contribution in [0.4, 0.5) is 10.1 Å². The number of hydrogen-bond donors (Lipinski definition) is 1. The first-order chi connectivity index (χ1) is 12.6. The Kier molecular flexibility index (Phi) is 7.29. The lowest BCUT2D eigenvalue weighted by atomic mass is 9.89. The zero-order valence-corrected chi connectivity index (χ0v) is 16.1. The van der Waals surface area contributed by atoms with Gasteiger partial charge in [0.05, 0.1) is 11.6 Å². The number of anilines is 1. The van der Waals surface area contributed by atoms with Gasteiger partial charge in [-0.05, 0) is 56.5 Å². The van der Waals surface area contributed by atoms with Crippen LogP contribution in [0, 0.1) is 11.7 Å². The topological polar surface area (TPSA) is 35.6 Å². The van der Waals surface area contributed by atoms with Gasteiger partial charge in [-0.2, -0.15) is 0 Å². The normalized spacial score (nSPS) is 20.7. The van der Waals surface area contributed by atoms with Crippen LogP contribution in [-0.2, 0) is 4.79 Å². The third kappa shape index (κ3) is 5.93. The number of carbonyl (C=O) groups excluding carboxylic acids is 1. The Morgan fingerprint density at radius 2 is 1.81 bits per heavy atom. The quantitative estimate of drug-likeness (QED) is 0.837. The van der Waals surface area contributed by atoms with Crippen molar-refractivity contribution in [1.29, 1.82) is 0 Å². The van der Waals surface area contributed by atoms with Gasteiger partial charge in [0, 0.05) is 25.3 Å². The van der Waals surface area contributed by atoms with E-state index in [1.807, 2.05) is 0 Å². The van der Waals surface area contributed by atoms with Crippen LogP contribution in [0.1, 0.15) is 38.5 Å². The van der Waals surface area contributed by atoms with E-state index < -0.39 is 5.82 Å². The minimum absolute atomic E-state index is 0.0240. The van der Waals surface area contributed by atoms with Crippen LogP contribution in [-0.4, -0.2) is 55.0 Å². The van der Waals surface area contributed by atoms with E-state index in [0.29, 0.717) is 12.2 Å². The molecule has 0 unspecified atom stereocenters. The van der Waals surface area contributed by atoms with Crippen molar-refractivity contribution in [3.8, 4) is 0 Å². The molecule has 1 aliphatic carbocycles. The molecule has 0 atom stereocenters. The number of hydrogen-bond acceptors (Lipinski definition) is 3. The lowest BCUT2D eigenvalue weighted by Crippen LogP contribution is -2.37. The standard InChI is InChI=1S/C20H29ClFN3O/c21-18-13-17(7-8-19(18)22)23-20(26)15-25-10-4-9-24(11-12-25)14-16-5-2-1-3-6-16/h7-8,13,16H,1-6,9-12,14-15H2,(H,23,26). The number of amides is 1. The zero-order chi connectivity index (χ0) is 18.4. The maximum absolute atomic E-state index is 13.2. The summed E-state index contributed by atoms with van der Waals surface area (Å²) in [6, 6.07) is 4.25. The Hall–Kier alpha value is -1.17. The first kappa shape index (κ1) is 19.6. The first-order valence-corrected chi connectivity index (χ1v) is 10.2. The first-order valence-electron chi connectivity index (χ1n) is 9.80. The average molecular weight is 382 g/mol. The minimum Gasteiger partial charge on any atom is -0.325 e. The molecule has 0 aromatic heterocycles. The summed E-state index contributed by atoms with van der Waals surface area (Å²) in [5.41, 5.74) is 0.537. The highest BCUT2D eigenvalue weighted by Crippen LogP contribution is 2.25. The molecule has 2 fully saturated rings. The Morgan fingerprint density at radius 1 is 1.08 bits per heavy atom. The summed E-state index contributed by atoms with van der Waals surface area (Å²) in [5, 5.41) is 2.83. The largest absolute Gasteiger partial charge is 0.325 e. The maximum Gasteiger partial charge on any atom is 0.238 e. The van der Waals surface area contributed by atoms with E-state index in [1.54, 1.807) is 0 Å². The Labute approximate surface area is 160 Å². The lowest BCUT2D eigenvalue weighted by molar-refractivity contribution is -0.117. The van der Waals surface area contributed by atoms with Crippen molar-refractivity contribution in [3.63, 3.8) is 0 Å². The van der Waals surface area contributed by atoms with Gasteiger partial charge in [-0.3, -0.25) is 9.69 Å². The van der Waals surface area contributed by atoms with Gasteiger partial charge in [-0.15, -0.1) is 0 Å². The molecule has 26 heavy (non-hydrogen) atoms. The third-order valence-electron chi connectivity index (χ3n) is 5.49. The number of nitrogens with zero attached hydrogens (tertiary/aromatic N) is 2. The Bertz CT molecular complexity index is 607. The maximum atomic E-state index is 13.2. The van der Waals surface area contributed by atoms with Gasteiger partial charge in [-0.25, -0.2) is 4.39 Å². The Morgan fingerprint density at radius 3 is 2.58 bits per heavy atom. The highest BCUT2D eigenvalue weighted by atomic mass is 35.5. The number of nitrogens with one attached hydrogen (secondary N) is 1. The van der Waals surface area contributed by atoms with E-state index in [0.717, 1.165) is 38.5 Å². The zero-order valence-electron chi connectivity index (χ0n) is 15.4. The van der Waals surface area contributed by atoms with Crippen molar-refractivity contribution < 1.29 is 9.18 Å². The molecule has 0 spiro atoms. The molecule has 1 saturated carbocycles. The number of halogens is 2. The predicted octanol–water partition coefficient (Wildman–Crippen LogP) is 4.01. The highest BCUT2D eigenvalue weighted by Gasteiger charge is 2.21. The summed E-state index contributed by atoms with van der Waals surface area (Å²) in [6.45, 7) is 5.61. The molecule has 1 saturated heterocycles. The van der Waals surface area contributed by atoms with E-state index in [9.17, 15) is 9.18 Å². The molecule has 1 aliphatic heterocycles. The SMILES string of the molecule is O=C(CN1CCCN(CC2CCCCC2)CC1)Nc1ccc(F)c(Cl)c1. The van der Waals surface area contributed by atoms with Crippen molar-refractivity contribution >= 4 is 23.2 Å². The predicted molar refractivity (Wildman–Crippen MR) is 104 cm³/mol. The van der Waals surface area contributed by atoms with Gasteiger partial charge < -0.3 is 10.2 Å². The van der Waals surface area contributed by atoms with Gasteiger partial charge in [0.2, 0.25) is 5.91 Å². The van der Waals surface area contributed by atoms with E-state index >= 15 is 0 Å². The smallest absolute Gasteiger partial charge is 0.238 e. The summed E-state index contributed by atoms with van der Waals surface area (Å²) in [4.78, 5) is 17.1. The van der Waals surface area contributed by atoms with E-state index in [1.165, 1.54) is 56.8 Å². The van der Waals surface area contributed by atoms with Gasteiger partial charge in [0.25, 0.3) is 0 Å². The second-order valence-corrected chi connectivity index (χ2v) is 8.02. The van der Waals surface area contributed by atoms with E-state index in [2.05, 4.69) is 15.1 Å². The summed E-state index contributed by atoms with van der Waals surface area (Å²) in [5.74, 6) is 0.311. The van der Waals surface area contributed by atoms with Crippen molar-refractivity contribution in [2.24, 2.45) is 5.92 Å². The number of benzene rings is 1. The van der Waals surface area contributed by atoms with E-state index in [-0.39, 0.29) is 10.9 Å². The van der Waals surface area contributed by atoms with Crippen LogP contribution < -0.4 is 5.32 Å². The van der Waals surface area contributed by atoms with E-state index in [4.69, 9.17) is 11.6 Å². The fourth-order valence-electron chi connectivity index (χ4n) is 4.08. The van der Waals surface area contributed by atoms with Gasteiger partial charge >= 0.3 is 0 Å². The summed E-state index contributed by atoms with van der Waals surface area (Å²) in [7, 11) is 0. The van der Waals surface area contributed by atoms with Crippen molar-refractivity contribution in [2.45, 2.75) is 38.5 Å². The van der Waals surface area contributed by atoms with Crippen molar-refractivity contribution in [3.05, 3.63) is 29.0 Å². The van der Waals surface area contributed by atoms with Gasteiger partial charge in [0.1, 0.15) is 5.82 Å². The van der Waals surface area contributed by atoms with Crippen LogP contribution in [0.15, 0.2) is 18.2 Å². The molecule has 144 valence electrons. The molecule has 0 radical (unpaired) electrons. The monoisotopic (exact) mass is 381 g/mol. The van der Waals surface area contributed by atoms with Crippen molar-refractivity contribution in [1.82, 2.24) is 9.80 Å². The molecule has 4 nitrogen and oxygen atoms in total. The molecule has 6 heteroatoms. The lowest BCUT2D eigenvalue weighted by Gasteiger charge is -2.28. The van der Waals surface area contributed by atoms with Gasteiger partial charge in [0.15, 0.2) is 0 Å². The van der Waals surface area contributed by atoms with Crippen LogP contribution >= 0.6 is 11.6 Å². The van der Waals surface area contributed by atoms with Crippen LogP contribution in [0.25, 0.3) is 0 Å². The molecule has 1 N–H and O–H groups in total. The molecule has 1 heterocycles. The van der Waals surface area contributed by atoms with Gasteiger partial charge in [-0.1, -0.05) is 30.9 Å². The average Bonchev–Trinajstić information content (AvgIpc) is 2.84. The van der Waals surface area contributed by atoms with Crippen LogP contribution in [0.2, 0.25) is 5.02 Å². The molecule has 1 aromatic carbocycles. The molecule has 2 aliphatic rings. The van der Waals surface area contributed by atoms with Crippen LogP contribution in [0.3, 0.4) is 0 Å². The molecule has 1 amide bonds. The Balaban J connectivity index is 1.43.